The van der Waals surface area contributed by atoms with E-state index in [0.29, 0.717) is 24.0 Å². The second-order valence-corrected chi connectivity index (χ2v) is 4.06. The Bertz CT molecular complexity index is 544. The first-order valence-corrected chi connectivity index (χ1v) is 5.85. The summed E-state index contributed by atoms with van der Waals surface area (Å²) in [6, 6.07) is 16.6. The molecule has 18 heavy (non-hydrogen) atoms. The van der Waals surface area contributed by atoms with Gasteiger partial charge >= 0.3 is 0 Å². The van der Waals surface area contributed by atoms with E-state index < -0.39 is 0 Å². The zero-order valence-corrected chi connectivity index (χ0v) is 9.93. The lowest BCUT2D eigenvalue weighted by atomic mass is 9.99. The molecule has 2 aromatic rings. The average Bonchev–Trinajstić information content (AvgIpc) is 2.45. The molecule has 0 aliphatic heterocycles. The first kappa shape index (κ1) is 12.2. The first-order valence-electron chi connectivity index (χ1n) is 5.85. The molecule has 2 heteroatoms. The van der Waals surface area contributed by atoms with Gasteiger partial charge in [-0.2, -0.15) is 0 Å². The van der Waals surface area contributed by atoms with E-state index in [1.165, 1.54) is 0 Å². The van der Waals surface area contributed by atoms with Crippen molar-refractivity contribution in [3.63, 3.8) is 0 Å². The third-order valence-corrected chi connectivity index (χ3v) is 2.82. The molecule has 2 rings (SSSR count). The molecule has 0 atom stereocenters. The minimum absolute atomic E-state index is 0.0159. The number of carbonyl (C=O) groups excluding carboxylic acids is 2. The second kappa shape index (κ2) is 5.92. The van der Waals surface area contributed by atoms with Gasteiger partial charge in [-0.1, -0.05) is 54.6 Å². The number of benzene rings is 2. The van der Waals surface area contributed by atoms with Gasteiger partial charge in [0, 0.05) is 17.5 Å². The van der Waals surface area contributed by atoms with Crippen LogP contribution in [0, 0.1) is 0 Å². The molecule has 0 N–H and O–H groups in total. The molecule has 0 aromatic heterocycles. The summed E-state index contributed by atoms with van der Waals surface area (Å²) in [7, 11) is 0. The lowest BCUT2D eigenvalue weighted by Gasteiger charge is -2.03. The monoisotopic (exact) mass is 237 g/mol. The molecule has 0 saturated carbocycles. The molecule has 0 unspecified atom stereocenters. The van der Waals surface area contributed by atoms with Crippen LogP contribution in [-0.4, -0.2) is 12.1 Å². The zero-order valence-electron chi connectivity index (χ0n) is 9.93. The van der Waals surface area contributed by atoms with Crippen LogP contribution in [0.1, 0.15) is 27.9 Å². The van der Waals surface area contributed by atoms with Crippen molar-refractivity contribution in [2.75, 3.05) is 0 Å². The maximum Gasteiger partial charge on any atom is 0.234 e. The molecule has 1 radical (unpaired) electrons. The molecule has 89 valence electrons. The van der Waals surface area contributed by atoms with E-state index in [2.05, 4.69) is 0 Å². The standard InChI is InChI=1S/C16H13O2/c17-12-14-8-4-5-9-15(14)16(18)11-10-13-6-2-1-3-7-13/h1-9H,10-11H2. The van der Waals surface area contributed by atoms with Crippen molar-refractivity contribution in [2.24, 2.45) is 0 Å². The van der Waals surface area contributed by atoms with Crippen LogP contribution >= 0.6 is 0 Å². The molecule has 0 amide bonds. The normalized spacial score (nSPS) is 10.0. The molecule has 0 heterocycles. The third-order valence-electron chi connectivity index (χ3n) is 2.82. The zero-order chi connectivity index (χ0) is 12.8. The minimum Gasteiger partial charge on any atom is -0.294 e. The quantitative estimate of drug-likeness (QED) is 0.749. The summed E-state index contributed by atoms with van der Waals surface area (Å²) in [5, 5.41) is 0. The Morgan fingerprint density at radius 1 is 0.944 bits per heavy atom. The molecule has 0 bridgehead atoms. The van der Waals surface area contributed by atoms with Crippen molar-refractivity contribution in [3.05, 3.63) is 71.3 Å². The Labute approximate surface area is 106 Å². The van der Waals surface area contributed by atoms with Crippen molar-refractivity contribution in [2.45, 2.75) is 12.8 Å². The molecule has 2 nitrogen and oxygen atoms in total. The number of ketones is 1. The van der Waals surface area contributed by atoms with E-state index in [-0.39, 0.29) is 5.78 Å². The minimum atomic E-state index is -0.0159. The number of hydrogen-bond acceptors (Lipinski definition) is 2. The van der Waals surface area contributed by atoms with Crippen LogP contribution < -0.4 is 0 Å². The third kappa shape index (κ3) is 2.92. The van der Waals surface area contributed by atoms with Crippen molar-refractivity contribution < 1.29 is 9.59 Å². The smallest absolute Gasteiger partial charge is 0.234 e. The fourth-order valence-electron chi connectivity index (χ4n) is 1.85. The maximum atomic E-state index is 12.0. The number of Topliss-reactive ketones (excluding diaryl/α,β-unsaturated/α-hetero) is 1. The highest BCUT2D eigenvalue weighted by molar-refractivity contribution is 6.02. The Morgan fingerprint density at radius 2 is 1.61 bits per heavy atom. The van der Waals surface area contributed by atoms with Crippen molar-refractivity contribution >= 4 is 12.1 Å². The Balaban J connectivity index is 2.06. The highest BCUT2D eigenvalue weighted by atomic mass is 16.1. The van der Waals surface area contributed by atoms with Gasteiger partial charge in [0.2, 0.25) is 6.29 Å². The van der Waals surface area contributed by atoms with E-state index in [0.717, 1.165) is 5.56 Å². The van der Waals surface area contributed by atoms with E-state index in [1.807, 2.05) is 30.3 Å². The lowest BCUT2D eigenvalue weighted by molar-refractivity contribution is 0.0982. The largest absolute Gasteiger partial charge is 0.294 e. The molecule has 0 aliphatic rings. The summed E-state index contributed by atoms with van der Waals surface area (Å²) in [4.78, 5) is 22.7. The van der Waals surface area contributed by atoms with E-state index in [1.54, 1.807) is 30.6 Å². The fraction of sp³-hybridized carbons (Fsp3) is 0.125. The SMILES string of the molecule is O=[C]c1ccccc1C(=O)CCc1ccccc1. The Hall–Kier alpha value is -2.22. The predicted molar refractivity (Wildman–Crippen MR) is 70.3 cm³/mol. The molecule has 0 saturated heterocycles. The van der Waals surface area contributed by atoms with Crippen LogP contribution in [-0.2, 0) is 11.2 Å². The van der Waals surface area contributed by atoms with Gasteiger partial charge in [-0.05, 0) is 12.0 Å². The first-order chi connectivity index (χ1) is 8.81. The Kier molecular flexibility index (Phi) is 4.02. The van der Waals surface area contributed by atoms with Crippen molar-refractivity contribution in [1.29, 1.82) is 0 Å². The summed E-state index contributed by atoms with van der Waals surface area (Å²) < 4.78 is 0. The van der Waals surface area contributed by atoms with Crippen molar-refractivity contribution in [3.8, 4) is 0 Å². The van der Waals surface area contributed by atoms with Crippen LogP contribution in [0.5, 0.6) is 0 Å². The lowest BCUT2D eigenvalue weighted by Crippen LogP contribution is -2.04. The van der Waals surface area contributed by atoms with Gasteiger partial charge in [0.1, 0.15) is 0 Å². The highest BCUT2D eigenvalue weighted by Crippen LogP contribution is 2.11. The summed E-state index contributed by atoms with van der Waals surface area (Å²) >= 11 is 0. The van der Waals surface area contributed by atoms with Crippen molar-refractivity contribution in [1.82, 2.24) is 0 Å². The summed E-state index contributed by atoms with van der Waals surface area (Å²) in [5.74, 6) is -0.0159. The van der Waals surface area contributed by atoms with Gasteiger partial charge in [0.05, 0.1) is 0 Å². The van der Waals surface area contributed by atoms with Gasteiger partial charge in [-0.15, -0.1) is 0 Å². The Morgan fingerprint density at radius 3 is 2.33 bits per heavy atom. The summed E-state index contributed by atoms with van der Waals surface area (Å²) in [5.41, 5.74) is 1.93. The summed E-state index contributed by atoms with van der Waals surface area (Å²) in [6.07, 6.45) is 2.90. The topological polar surface area (TPSA) is 34.1 Å². The summed E-state index contributed by atoms with van der Waals surface area (Å²) in [6.45, 7) is 0. The number of aryl methyl sites for hydroxylation is 1. The van der Waals surface area contributed by atoms with Crippen LogP contribution in [0.25, 0.3) is 0 Å². The molecule has 0 aliphatic carbocycles. The highest BCUT2D eigenvalue weighted by Gasteiger charge is 2.10. The van der Waals surface area contributed by atoms with Crippen LogP contribution in [0.2, 0.25) is 0 Å². The van der Waals surface area contributed by atoms with E-state index >= 15 is 0 Å². The van der Waals surface area contributed by atoms with Crippen LogP contribution in [0.3, 0.4) is 0 Å². The second-order valence-electron chi connectivity index (χ2n) is 4.06. The fourth-order valence-corrected chi connectivity index (χ4v) is 1.85. The van der Waals surface area contributed by atoms with Gasteiger partial charge in [0.15, 0.2) is 5.78 Å². The molecule has 0 spiro atoms. The number of carbonyl (C=O) groups is 1. The van der Waals surface area contributed by atoms with Crippen LogP contribution in [0.15, 0.2) is 54.6 Å². The predicted octanol–water partition coefficient (Wildman–Crippen LogP) is 2.96. The van der Waals surface area contributed by atoms with E-state index in [9.17, 15) is 9.59 Å². The van der Waals surface area contributed by atoms with Crippen LogP contribution in [0.4, 0.5) is 0 Å². The number of hydrogen-bond donors (Lipinski definition) is 0. The molecular weight excluding hydrogens is 224 g/mol. The van der Waals surface area contributed by atoms with Gasteiger partial charge in [0.25, 0.3) is 0 Å². The van der Waals surface area contributed by atoms with E-state index in [4.69, 9.17) is 0 Å². The molecule has 2 aromatic carbocycles. The molecular formula is C16H13O2. The average molecular weight is 237 g/mol. The van der Waals surface area contributed by atoms with Gasteiger partial charge in [-0.3, -0.25) is 9.59 Å². The maximum absolute atomic E-state index is 12.0. The molecule has 0 fully saturated rings. The van der Waals surface area contributed by atoms with Gasteiger partial charge in [-0.25, -0.2) is 0 Å². The van der Waals surface area contributed by atoms with Gasteiger partial charge < -0.3 is 0 Å². The number of rotatable bonds is 5.